The van der Waals surface area contributed by atoms with Crippen LogP contribution >= 0.6 is 0 Å². The van der Waals surface area contributed by atoms with Gasteiger partial charge in [0.15, 0.2) is 0 Å². The normalized spacial score (nSPS) is 19.3. The number of likely N-dealkylation sites (tertiary alicyclic amines) is 2. The zero-order chi connectivity index (χ0) is 25.7. The van der Waals surface area contributed by atoms with Crippen LogP contribution in [-0.4, -0.2) is 60.7 Å². The Kier molecular flexibility index (Phi) is 8.31. The molecular weight excluding hydrogens is 453 g/mol. The highest BCUT2D eigenvalue weighted by Crippen LogP contribution is 2.29. The maximum Gasteiger partial charge on any atom is 0.253 e. The molecule has 6 heteroatoms. The number of nitrogens with zero attached hydrogens (tertiary/aromatic N) is 3. The number of carbonyl (C=O) groups is 1. The summed E-state index contributed by atoms with van der Waals surface area (Å²) in [7, 11) is 0. The van der Waals surface area contributed by atoms with Gasteiger partial charge in [0.2, 0.25) is 0 Å². The first-order valence-electron chi connectivity index (χ1n) is 13.2. The van der Waals surface area contributed by atoms with E-state index in [2.05, 4.69) is 17.9 Å². The van der Waals surface area contributed by atoms with Crippen molar-refractivity contribution in [2.75, 3.05) is 39.3 Å². The fourth-order valence-corrected chi connectivity index (χ4v) is 5.04. The summed E-state index contributed by atoms with van der Waals surface area (Å²) >= 11 is 0. The third-order valence-electron chi connectivity index (χ3n) is 7.48. The summed E-state index contributed by atoms with van der Waals surface area (Å²) < 4.78 is 19.8. The number of benzene rings is 2. The Labute approximate surface area is 214 Å². The van der Waals surface area contributed by atoms with Gasteiger partial charge < -0.3 is 14.5 Å². The van der Waals surface area contributed by atoms with Crippen LogP contribution in [-0.2, 0) is 0 Å². The van der Waals surface area contributed by atoms with E-state index in [1.165, 1.54) is 0 Å². The number of halogens is 1. The van der Waals surface area contributed by atoms with Gasteiger partial charge in [-0.15, -0.1) is 0 Å². The van der Waals surface area contributed by atoms with Gasteiger partial charge in [0.05, 0.1) is 12.2 Å². The fraction of sp³-hybridized carbons (Fsp3) is 0.533. The second kappa shape index (κ2) is 11.4. The van der Waals surface area contributed by atoms with Crippen LogP contribution in [0.5, 0.6) is 5.75 Å². The van der Waals surface area contributed by atoms with Gasteiger partial charge in [-0.2, -0.15) is 5.26 Å². The fourth-order valence-electron chi connectivity index (χ4n) is 5.04. The molecule has 0 N–H and O–H groups in total. The van der Waals surface area contributed by atoms with Crippen molar-refractivity contribution in [3.05, 3.63) is 53.6 Å². The zero-order valence-electron chi connectivity index (χ0n) is 21.8. The number of alkyl halides is 1. The van der Waals surface area contributed by atoms with E-state index >= 15 is 0 Å². The second-order valence-electron chi connectivity index (χ2n) is 11.1. The van der Waals surface area contributed by atoms with Gasteiger partial charge in [0, 0.05) is 25.2 Å². The number of hydrogen-bond acceptors (Lipinski definition) is 4. The van der Waals surface area contributed by atoms with E-state index in [4.69, 9.17) is 4.74 Å². The molecule has 2 aliphatic rings. The maximum atomic E-state index is 13.8. The lowest BCUT2D eigenvalue weighted by Crippen LogP contribution is -2.37. The molecule has 0 spiro atoms. The number of rotatable bonds is 8. The highest BCUT2D eigenvalue weighted by molar-refractivity contribution is 5.95. The van der Waals surface area contributed by atoms with Gasteiger partial charge in [0.25, 0.3) is 5.91 Å². The number of piperidine rings is 1. The average Bonchev–Trinajstić information content (AvgIpc) is 3.32. The first-order chi connectivity index (χ1) is 17.2. The maximum absolute atomic E-state index is 13.8. The van der Waals surface area contributed by atoms with Crippen molar-refractivity contribution in [1.29, 1.82) is 5.26 Å². The van der Waals surface area contributed by atoms with Crippen LogP contribution in [0.15, 0.2) is 42.5 Å². The minimum absolute atomic E-state index is 0.0875. The molecule has 36 heavy (non-hydrogen) atoms. The number of carbonyl (C=O) groups excluding carboxylic acids is 1. The molecule has 2 aromatic carbocycles. The lowest BCUT2D eigenvalue weighted by Gasteiger charge is -2.32. The van der Waals surface area contributed by atoms with Gasteiger partial charge in [-0.25, -0.2) is 4.39 Å². The molecule has 2 fully saturated rings. The molecule has 1 amide bonds. The molecule has 4 rings (SSSR count). The Balaban J connectivity index is 1.32. The van der Waals surface area contributed by atoms with Crippen LogP contribution in [0, 0.1) is 23.2 Å². The Bertz CT molecular complexity index is 1080. The summed E-state index contributed by atoms with van der Waals surface area (Å²) in [6, 6.07) is 15.6. The minimum atomic E-state index is -1.12. The van der Waals surface area contributed by atoms with Gasteiger partial charge in [0.1, 0.15) is 17.5 Å². The first-order valence-corrected chi connectivity index (χ1v) is 13.2. The standard InChI is InChI=1S/C30H38FN3O2/c1-22-10-16-34(20-22)29(35)25-6-4-24(5-7-25)26-8-9-28(27(18-26)19-32)36-21-23-11-14-33(15-12-23)17-13-30(2,3)31/h4-9,18,22-23H,10-17,20-21H2,1-3H3. The van der Waals surface area contributed by atoms with Crippen LogP contribution in [0.2, 0.25) is 0 Å². The SMILES string of the molecule is CC1CCN(C(=O)c2ccc(-c3ccc(OCC4CCN(CCC(C)(C)F)CC4)c(C#N)c3)cc2)C1. The Morgan fingerprint density at radius 1 is 1.08 bits per heavy atom. The summed E-state index contributed by atoms with van der Waals surface area (Å²) in [5.41, 5.74) is 1.99. The van der Waals surface area contributed by atoms with Crippen molar-refractivity contribution in [1.82, 2.24) is 9.80 Å². The molecule has 2 aromatic rings. The molecule has 192 valence electrons. The molecule has 1 unspecified atom stereocenters. The lowest BCUT2D eigenvalue weighted by molar-refractivity contribution is 0.0788. The van der Waals surface area contributed by atoms with Crippen LogP contribution in [0.4, 0.5) is 4.39 Å². The molecule has 0 aromatic heterocycles. The Hall–Kier alpha value is -2.91. The van der Waals surface area contributed by atoms with Gasteiger partial charge >= 0.3 is 0 Å². The molecule has 2 saturated heterocycles. The van der Waals surface area contributed by atoms with Crippen molar-refractivity contribution < 1.29 is 13.9 Å². The van der Waals surface area contributed by atoms with Crippen LogP contribution in [0.1, 0.15) is 62.4 Å². The molecule has 1 atom stereocenters. The highest BCUT2D eigenvalue weighted by atomic mass is 19.1. The summed E-state index contributed by atoms with van der Waals surface area (Å²) in [5, 5.41) is 9.73. The zero-order valence-corrected chi connectivity index (χ0v) is 21.8. The molecule has 0 radical (unpaired) electrons. The molecule has 0 aliphatic carbocycles. The minimum Gasteiger partial charge on any atom is -0.492 e. The van der Waals surface area contributed by atoms with Crippen molar-refractivity contribution in [3.8, 4) is 22.9 Å². The number of nitriles is 1. The third-order valence-corrected chi connectivity index (χ3v) is 7.48. The van der Waals surface area contributed by atoms with E-state index in [9.17, 15) is 14.4 Å². The summed E-state index contributed by atoms with van der Waals surface area (Å²) in [6.45, 7) is 10.4. The molecule has 0 bridgehead atoms. The predicted octanol–water partition coefficient (Wildman–Crippen LogP) is 5.94. The third kappa shape index (κ3) is 6.85. The molecule has 0 saturated carbocycles. The predicted molar refractivity (Wildman–Crippen MR) is 141 cm³/mol. The first kappa shape index (κ1) is 26.2. The van der Waals surface area contributed by atoms with Gasteiger partial charge in [-0.3, -0.25) is 4.79 Å². The van der Waals surface area contributed by atoms with Crippen molar-refractivity contribution in [3.63, 3.8) is 0 Å². The van der Waals surface area contributed by atoms with E-state index in [1.807, 2.05) is 47.4 Å². The van der Waals surface area contributed by atoms with E-state index in [-0.39, 0.29) is 5.91 Å². The molecular formula is C30H38FN3O2. The van der Waals surface area contributed by atoms with Crippen LogP contribution < -0.4 is 4.74 Å². The number of amides is 1. The van der Waals surface area contributed by atoms with Crippen molar-refractivity contribution >= 4 is 5.91 Å². The van der Waals surface area contributed by atoms with Gasteiger partial charge in [-0.05, 0) is 99.8 Å². The number of ether oxygens (including phenoxy) is 1. The summed E-state index contributed by atoms with van der Waals surface area (Å²) in [6.07, 6.45) is 3.66. The average molecular weight is 492 g/mol. The van der Waals surface area contributed by atoms with Crippen molar-refractivity contribution in [2.24, 2.45) is 11.8 Å². The Morgan fingerprint density at radius 2 is 1.78 bits per heavy atom. The topological polar surface area (TPSA) is 56.6 Å². The van der Waals surface area contributed by atoms with Gasteiger partial charge in [-0.1, -0.05) is 25.1 Å². The smallest absolute Gasteiger partial charge is 0.253 e. The lowest BCUT2D eigenvalue weighted by atomic mass is 9.97. The summed E-state index contributed by atoms with van der Waals surface area (Å²) in [4.78, 5) is 17.0. The molecule has 2 heterocycles. The van der Waals surface area contributed by atoms with Crippen LogP contribution in [0.25, 0.3) is 11.1 Å². The monoisotopic (exact) mass is 491 g/mol. The van der Waals surface area contributed by atoms with E-state index < -0.39 is 5.67 Å². The number of hydrogen-bond donors (Lipinski definition) is 0. The molecule has 5 nitrogen and oxygen atoms in total. The van der Waals surface area contributed by atoms with Crippen molar-refractivity contribution in [2.45, 2.75) is 52.1 Å². The Morgan fingerprint density at radius 3 is 2.39 bits per heavy atom. The summed E-state index contributed by atoms with van der Waals surface area (Å²) in [5.74, 6) is 1.70. The van der Waals surface area contributed by atoms with E-state index in [1.54, 1.807) is 13.8 Å². The highest BCUT2D eigenvalue weighted by Gasteiger charge is 2.25. The second-order valence-corrected chi connectivity index (χ2v) is 11.1. The largest absolute Gasteiger partial charge is 0.492 e. The molecule has 2 aliphatic heterocycles. The van der Waals surface area contributed by atoms with E-state index in [0.717, 1.165) is 63.1 Å². The van der Waals surface area contributed by atoms with Crippen LogP contribution in [0.3, 0.4) is 0 Å². The quantitative estimate of drug-likeness (QED) is 0.459. The van der Waals surface area contributed by atoms with E-state index in [0.29, 0.717) is 41.7 Å².